The van der Waals surface area contributed by atoms with Crippen LogP contribution in [0.3, 0.4) is 0 Å². The Hall–Kier alpha value is -0.535. The Bertz CT molecular complexity index is 286. The van der Waals surface area contributed by atoms with Crippen molar-refractivity contribution in [1.82, 2.24) is 0 Å². The molecule has 3 heteroatoms. The average Bonchev–Trinajstić information content (AvgIpc) is 2.58. The first kappa shape index (κ1) is 10.00. The minimum absolute atomic E-state index is 0.182. The van der Waals surface area contributed by atoms with Crippen molar-refractivity contribution in [3.8, 4) is 0 Å². The van der Waals surface area contributed by atoms with Crippen LogP contribution in [0, 0.1) is 0 Å². The molecule has 2 rings (SSSR count). The van der Waals surface area contributed by atoms with Gasteiger partial charge in [0, 0.05) is 0 Å². The SMILES string of the molecule is CC1(C)OB(C2=CCC=C2)OC1(C)C. The van der Waals surface area contributed by atoms with Crippen molar-refractivity contribution in [2.24, 2.45) is 0 Å². The molecule has 0 saturated carbocycles. The molecule has 2 nitrogen and oxygen atoms in total. The van der Waals surface area contributed by atoms with E-state index < -0.39 is 0 Å². The van der Waals surface area contributed by atoms with Crippen LogP contribution in [-0.2, 0) is 9.31 Å². The predicted octanol–water partition coefficient (Wildman–Crippen LogP) is 2.50. The van der Waals surface area contributed by atoms with E-state index in [1.54, 1.807) is 0 Å². The van der Waals surface area contributed by atoms with E-state index in [1.807, 2.05) is 0 Å². The normalized spacial score (nSPS) is 28.3. The van der Waals surface area contributed by atoms with Gasteiger partial charge in [-0.25, -0.2) is 0 Å². The molecule has 1 aliphatic heterocycles. The summed E-state index contributed by atoms with van der Waals surface area (Å²) in [6.45, 7) is 8.30. The third-order valence-electron chi connectivity index (χ3n) is 3.33. The summed E-state index contributed by atoms with van der Waals surface area (Å²) >= 11 is 0. The second kappa shape index (κ2) is 2.98. The maximum Gasteiger partial charge on any atom is 0.494 e. The lowest BCUT2D eigenvalue weighted by atomic mass is 9.79. The van der Waals surface area contributed by atoms with E-state index in [1.165, 1.54) is 0 Å². The van der Waals surface area contributed by atoms with Gasteiger partial charge in [0.1, 0.15) is 0 Å². The zero-order valence-electron chi connectivity index (χ0n) is 9.33. The minimum atomic E-state index is -0.227. The number of hydrogen-bond acceptors (Lipinski definition) is 2. The summed E-state index contributed by atoms with van der Waals surface area (Å²) in [5, 5.41) is 0. The molecule has 0 aromatic rings. The van der Waals surface area contributed by atoms with E-state index in [0.29, 0.717) is 0 Å². The molecule has 1 aliphatic carbocycles. The van der Waals surface area contributed by atoms with Gasteiger partial charge in [-0.15, -0.1) is 0 Å². The second-order valence-electron chi connectivity index (χ2n) is 4.93. The molecule has 0 N–H and O–H groups in total. The van der Waals surface area contributed by atoms with Crippen molar-refractivity contribution in [3.05, 3.63) is 23.7 Å². The van der Waals surface area contributed by atoms with Crippen LogP contribution >= 0.6 is 0 Å². The highest BCUT2D eigenvalue weighted by molar-refractivity contribution is 6.55. The van der Waals surface area contributed by atoms with Gasteiger partial charge >= 0.3 is 7.12 Å². The van der Waals surface area contributed by atoms with Crippen LogP contribution in [0.2, 0.25) is 0 Å². The maximum atomic E-state index is 5.91. The molecule has 0 aromatic heterocycles. The van der Waals surface area contributed by atoms with Gasteiger partial charge in [0.25, 0.3) is 0 Å². The number of hydrogen-bond donors (Lipinski definition) is 0. The molecule has 76 valence electrons. The minimum Gasteiger partial charge on any atom is -0.399 e. The van der Waals surface area contributed by atoms with E-state index in [4.69, 9.17) is 9.31 Å². The lowest BCUT2D eigenvalue weighted by Gasteiger charge is -2.32. The molecule has 0 atom stereocenters. The third-order valence-corrected chi connectivity index (χ3v) is 3.33. The topological polar surface area (TPSA) is 18.5 Å². The number of rotatable bonds is 1. The van der Waals surface area contributed by atoms with Crippen LogP contribution in [-0.4, -0.2) is 18.3 Å². The second-order valence-corrected chi connectivity index (χ2v) is 4.93. The Morgan fingerprint density at radius 1 is 1.14 bits per heavy atom. The van der Waals surface area contributed by atoms with Crippen molar-refractivity contribution in [3.63, 3.8) is 0 Å². The maximum absolute atomic E-state index is 5.91. The van der Waals surface area contributed by atoms with E-state index >= 15 is 0 Å². The van der Waals surface area contributed by atoms with Gasteiger partial charge in [-0.1, -0.05) is 18.2 Å². The molecule has 0 unspecified atom stereocenters. The number of allylic oxidation sites excluding steroid dienone is 4. The van der Waals surface area contributed by atoms with Crippen molar-refractivity contribution in [2.45, 2.75) is 45.3 Å². The van der Waals surface area contributed by atoms with Crippen molar-refractivity contribution >= 4 is 7.12 Å². The molecule has 0 radical (unpaired) electrons. The van der Waals surface area contributed by atoms with Crippen LogP contribution in [0.1, 0.15) is 34.1 Å². The van der Waals surface area contributed by atoms with Crippen molar-refractivity contribution < 1.29 is 9.31 Å². The fourth-order valence-corrected chi connectivity index (χ4v) is 1.63. The summed E-state index contributed by atoms with van der Waals surface area (Å²) in [7, 11) is -0.182. The van der Waals surface area contributed by atoms with Gasteiger partial charge < -0.3 is 9.31 Å². The van der Waals surface area contributed by atoms with E-state index in [0.717, 1.165) is 11.9 Å². The highest BCUT2D eigenvalue weighted by atomic mass is 16.7. The Morgan fingerprint density at radius 3 is 2.14 bits per heavy atom. The molecule has 14 heavy (non-hydrogen) atoms. The van der Waals surface area contributed by atoms with Crippen LogP contribution in [0.5, 0.6) is 0 Å². The molecular weight excluding hydrogens is 175 g/mol. The van der Waals surface area contributed by atoms with Crippen LogP contribution in [0.4, 0.5) is 0 Å². The highest BCUT2D eigenvalue weighted by Gasteiger charge is 2.52. The van der Waals surface area contributed by atoms with Gasteiger partial charge in [-0.2, -0.15) is 0 Å². The van der Waals surface area contributed by atoms with Crippen LogP contribution in [0.15, 0.2) is 23.7 Å². The van der Waals surface area contributed by atoms with Gasteiger partial charge in [-0.05, 0) is 39.6 Å². The third kappa shape index (κ3) is 1.45. The average molecular weight is 192 g/mol. The lowest BCUT2D eigenvalue weighted by Crippen LogP contribution is -2.41. The molecule has 2 aliphatic rings. The van der Waals surface area contributed by atoms with E-state index in [-0.39, 0.29) is 18.3 Å². The smallest absolute Gasteiger partial charge is 0.399 e. The highest BCUT2D eigenvalue weighted by Crippen LogP contribution is 2.39. The van der Waals surface area contributed by atoms with Gasteiger partial charge in [0.05, 0.1) is 11.2 Å². The molecule has 0 bridgehead atoms. The molecule has 0 aromatic carbocycles. The largest absolute Gasteiger partial charge is 0.494 e. The standard InChI is InChI=1S/C11H17BO2/c1-10(2)11(3,4)14-12(13-10)9-7-5-6-8-9/h5,7-8H,6H2,1-4H3. The quantitative estimate of drug-likeness (QED) is 0.594. The Kier molecular flexibility index (Phi) is 2.13. The van der Waals surface area contributed by atoms with Crippen LogP contribution in [0.25, 0.3) is 0 Å². The first-order chi connectivity index (χ1) is 6.42. The fourth-order valence-electron chi connectivity index (χ4n) is 1.63. The summed E-state index contributed by atoms with van der Waals surface area (Å²) in [4.78, 5) is 0. The monoisotopic (exact) mass is 192 g/mol. The molecule has 1 saturated heterocycles. The summed E-state index contributed by atoms with van der Waals surface area (Å²) in [5.41, 5.74) is 0.702. The summed E-state index contributed by atoms with van der Waals surface area (Å²) in [5.74, 6) is 0. The molecular formula is C11H17BO2. The Morgan fingerprint density at radius 2 is 1.71 bits per heavy atom. The van der Waals surface area contributed by atoms with Crippen molar-refractivity contribution in [1.29, 1.82) is 0 Å². The Balaban J connectivity index is 2.17. The van der Waals surface area contributed by atoms with E-state index in [2.05, 4.69) is 45.9 Å². The van der Waals surface area contributed by atoms with Gasteiger partial charge in [0.15, 0.2) is 0 Å². The van der Waals surface area contributed by atoms with E-state index in [9.17, 15) is 0 Å². The molecule has 1 heterocycles. The first-order valence-electron chi connectivity index (χ1n) is 5.15. The zero-order valence-corrected chi connectivity index (χ0v) is 9.33. The fraction of sp³-hybridized carbons (Fsp3) is 0.636. The zero-order chi connectivity index (χ0) is 10.4. The Labute approximate surface area is 86.1 Å². The summed E-state index contributed by atoms with van der Waals surface area (Å²) < 4.78 is 11.8. The van der Waals surface area contributed by atoms with Crippen molar-refractivity contribution in [2.75, 3.05) is 0 Å². The predicted molar refractivity (Wildman–Crippen MR) is 57.9 cm³/mol. The summed E-state index contributed by atoms with van der Waals surface area (Å²) in [6, 6.07) is 0. The first-order valence-corrected chi connectivity index (χ1v) is 5.15. The van der Waals surface area contributed by atoms with Gasteiger partial charge in [-0.3, -0.25) is 0 Å². The molecule has 0 spiro atoms. The van der Waals surface area contributed by atoms with Crippen LogP contribution < -0.4 is 0 Å². The lowest BCUT2D eigenvalue weighted by molar-refractivity contribution is 0.00578. The summed E-state index contributed by atoms with van der Waals surface area (Å²) in [6.07, 6.45) is 7.37. The van der Waals surface area contributed by atoms with Gasteiger partial charge in [0.2, 0.25) is 0 Å². The molecule has 1 fully saturated rings. The molecule has 0 amide bonds.